The molecule has 0 spiro atoms. The van der Waals surface area contributed by atoms with Gasteiger partial charge in [-0.15, -0.1) is 11.3 Å². The van der Waals surface area contributed by atoms with Crippen LogP contribution in [0.2, 0.25) is 0 Å². The fourth-order valence-corrected chi connectivity index (χ4v) is 3.33. The van der Waals surface area contributed by atoms with Crippen molar-refractivity contribution in [3.8, 4) is 11.3 Å². The molecule has 3 aromatic heterocycles. The summed E-state index contributed by atoms with van der Waals surface area (Å²) in [5.41, 5.74) is 4.37. The summed E-state index contributed by atoms with van der Waals surface area (Å²) in [6, 6.07) is 9.82. The van der Waals surface area contributed by atoms with Crippen molar-refractivity contribution in [2.45, 2.75) is 13.3 Å². The van der Waals surface area contributed by atoms with Crippen molar-refractivity contribution in [2.24, 2.45) is 0 Å². The van der Waals surface area contributed by atoms with Crippen LogP contribution >= 0.6 is 11.3 Å². The standard InChI is InChI=1S/C18H17N5OS/c1-12-2-4-13(5-3-12)15-10-16(22-21-15)17(24)19-7-6-14-11-23-8-9-25-18(23)20-14/h2-5,8-11H,6-7H2,1H3,(H,19,24)(H,21,22). The van der Waals surface area contributed by atoms with Crippen LogP contribution in [-0.4, -0.2) is 32.0 Å². The number of thiazole rings is 1. The number of carbonyl (C=O) groups excluding carboxylic acids is 1. The van der Waals surface area contributed by atoms with Gasteiger partial charge < -0.3 is 5.32 Å². The first kappa shape index (κ1) is 15.6. The molecule has 1 aromatic carbocycles. The molecular formula is C18H17N5OS. The van der Waals surface area contributed by atoms with Gasteiger partial charge in [0.15, 0.2) is 4.96 Å². The monoisotopic (exact) mass is 351 g/mol. The van der Waals surface area contributed by atoms with Gasteiger partial charge in [-0.2, -0.15) is 5.10 Å². The molecule has 0 saturated heterocycles. The zero-order valence-corrected chi connectivity index (χ0v) is 14.5. The predicted molar refractivity (Wildman–Crippen MR) is 97.9 cm³/mol. The third kappa shape index (κ3) is 3.32. The lowest BCUT2D eigenvalue weighted by atomic mass is 10.1. The number of nitrogens with zero attached hydrogens (tertiary/aromatic N) is 3. The number of hydrogen-bond donors (Lipinski definition) is 2. The zero-order valence-electron chi connectivity index (χ0n) is 13.7. The fourth-order valence-electron chi connectivity index (χ4n) is 2.61. The number of nitrogens with one attached hydrogen (secondary N) is 2. The molecule has 0 unspecified atom stereocenters. The van der Waals surface area contributed by atoms with Crippen molar-refractivity contribution in [1.82, 2.24) is 24.9 Å². The molecule has 1 amide bonds. The van der Waals surface area contributed by atoms with E-state index in [1.165, 1.54) is 5.56 Å². The highest BCUT2D eigenvalue weighted by Crippen LogP contribution is 2.18. The van der Waals surface area contributed by atoms with Crippen molar-refractivity contribution in [3.05, 3.63) is 65.1 Å². The SMILES string of the molecule is Cc1ccc(-c2cc(C(=O)NCCc3cn4ccsc4n3)[nH]n2)cc1. The molecule has 4 aromatic rings. The van der Waals surface area contributed by atoms with Crippen LogP contribution in [0.1, 0.15) is 21.7 Å². The molecule has 0 aliphatic rings. The van der Waals surface area contributed by atoms with E-state index >= 15 is 0 Å². The molecule has 126 valence electrons. The van der Waals surface area contributed by atoms with Crippen LogP contribution in [0.5, 0.6) is 0 Å². The van der Waals surface area contributed by atoms with Crippen molar-refractivity contribution in [1.29, 1.82) is 0 Å². The van der Waals surface area contributed by atoms with Crippen LogP contribution in [0.25, 0.3) is 16.2 Å². The van der Waals surface area contributed by atoms with E-state index < -0.39 is 0 Å². The van der Waals surface area contributed by atoms with E-state index in [1.807, 2.05) is 53.4 Å². The highest BCUT2D eigenvalue weighted by atomic mass is 32.1. The summed E-state index contributed by atoms with van der Waals surface area (Å²) >= 11 is 1.60. The van der Waals surface area contributed by atoms with E-state index in [0.717, 1.165) is 21.9 Å². The molecule has 7 heteroatoms. The molecule has 25 heavy (non-hydrogen) atoms. The summed E-state index contributed by atoms with van der Waals surface area (Å²) in [6.07, 6.45) is 4.66. The van der Waals surface area contributed by atoms with Gasteiger partial charge in [0.2, 0.25) is 0 Å². The molecule has 0 aliphatic heterocycles. The molecule has 0 saturated carbocycles. The normalized spacial score (nSPS) is 11.1. The number of benzene rings is 1. The van der Waals surface area contributed by atoms with Gasteiger partial charge in [-0.05, 0) is 13.0 Å². The van der Waals surface area contributed by atoms with E-state index in [4.69, 9.17) is 0 Å². The molecular weight excluding hydrogens is 334 g/mol. The second-order valence-corrected chi connectivity index (χ2v) is 6.74. The maximum atomic E-state index is 12.2. The van der Waals surface area contributed by atoms with Crippen molar-refractivity contribution >= 4 is 22.2 Å². The first-order chi connectivity index (χ1) is 12.2. The number of amides is 1. The lowest BCUT2D eigenvalue weighted by molar-refractivity contribution is 0.0949. The minimum Gasteiger partial charge on any atom is -0.350 e. The molecule has 0 atom stereocenters. The quantitative estimate of drug-likeness (QED) is 0.580. The highest BCUT2D eigenvalue weighted by Gasteiger charge is 2.11. The third-order valence-electron chi connectivity index (χ3n) is 3.98. The highest BCUT2D eigenvalue weighted by molar-refractivity contribution is 7.15. The summed E-state index contributed by atoms with van der Waals surface area (Å²) in [7, 11) is 0. The third-order valence-corrected chi connectivity index (χ3v) is 4.75. The van der Waals surface area contributed by atoms with Gasteiger partial charge in [0.05, 0.1) is 11.4 Å². The number of aryl methyl sites for hydroxylation is 1. The molecule has 4 rings (SSSR count). The number of imidazole rings is 1. The van der Waals surface area contributed by atoms with E-state index in [2.05, 4.69) is 20.5 Å². The maximum absolute atomic E-state index is 12.2. The molecule has 0 radical (unpaired) electrons. The maximum Gasteiger partial charge on any atom is 0.269 e. The summed E-state index contributed by atoms with van der Waals surface area (Å²) in [5, 5.41) is 11.9. The Labute approximate surface area is 148 Å². The van der Waals surface area contributed by atoms with Crippen LogP contribution in [0.15, 0.2) is 48.1 Å². The van der Waals surface area contributed by atoms with E-state index in [1.54, 1.807) is 17.4 Å². The van der Waals surface area contributed by atoms with Gasteiger partial charge in [0.1, 0.15) is 5.69 Å². The van der Waals surface area contributed by atoms with Crippen molar-refractivity contribution < 1.29 is 4.79 Å². The number of aromatic nitrogens is 4. The Morgan fingerprint density at radius 1 is 1.32 bits per heavy atom. The van der Waals surface area contributed by atoms with Crippen LogP contribution in [0.3, 0.4) is 0 Å². The minimum atomic E-state index is -0.160. The Morgan fingerprint density at radius 2 is 2.16 bits per heavy atom. The number of fused-ring (bicyclic) bond motifs is 1. The van der Waals surface area contributed by atoms with E-state index in [-0.39, 0.29) is 5.91 Å². The second kappa shape index (κ2) is 6.52. The lowest BCUT2D eigenvalue weighted by Gasteiger charge is -2.01. The van der Waals surface area contributed by atoms with Gasteiger partial charge in [-0.1, -0.05) is 29.8 Å². The lowest BCUT2D eigenvalue weighted by Crippen LogP contribution is -2.26. The predicted octanol–water partition coefficient (Wildman–Crippen LogP) is 3.07. The Hall–Kier alpha value is -2.93. The molecule has 0 bridgehead atoms. The van der Waals surface area contributed by atoms with Crippen molar-refractivity contribution in [2.75, 3.05) is 6.54 Å². The Balaban J connectivity index is 1.36. The Morgan fingerprint density at radius 3 is 2.96 bits per heavy atom. The number of carbonyl (C=O) groups is 1. The van der Waals surface area contributed by atoms with Gasteiger partial charge in [-0.25, -0.2) is 4.98 Å². The summed E-state index contributed by atoms with van der Waals surface area (Å²) in [5.74, 6) is -0.160. The van der Waals surface area contributed by atoms with Crippen molar-refractivity contribution in [3.63, 3.8) is 0 Å². The van der Waals surface area contributed by atoms with Crippen LogP contribution in [0.4, 0.5) is 0 Å². The zero-order chi connectivity index (χ0) is 17.2. The van der Waals surface area contributed by atoms with Crippen LogP contribution in [0, 0.1) is 6.92 Å². The molecule has 0 fully saturated rings. The second-order valence-electron chi connectivity index (χ2n) is 5.86. The fraction of sp³-hybridized carbons (Fsp3) is 0.167. The number of H-pyrrole nitrogens is 1. The molecule has 6 nitrogen and oxygen atoms in total. The number of hydrogen-bond acceptors (Lipinski definition) is 4. The Kier molecular flexibility index (Phi) is 4.07. The van der Waals surface area contributed by atoms with Gasteiger partial charge in [-0.3, -0.25) is 14.3 Å². The van der Waals surface area contributed by atoms with Crippen LogP contribution in [-0.2, 0) is 6.42 Å². The largest absolute Gasteiger partial charge is 0.350 e. The Bertz CT molecular complexity index is 983. The van der Waals surface area contributed by atoms with Gasteiger partial charge >= 0.3 is 0 Å². The van der Waals surface area contributed by atoms with E-state index in [9.17, 15) is 4.79 Å². The summed E-state index contributed by atoms with van der Waals surface area (Å²) < 4.78 is 1.99. The average Bonchev–Trinajstić information content (AvgIpc) is 3.31. The smallest absolute Gasteiger partial charge is 0.269 e. The van der Waals surface area contributed by atoms with Crippen LogP contribution < -0.4 is 5.32 Å². The van der Waals surface area contributed by atoms with Gasteiger partial charge in [0, 0.05) is 36.3 Å². The molecule has 3 heterocycles. The van der Waals surface area contributed by atoms with Gasteiger partial charge in [0.25, 0.3) is 5.91 Å². The number of aromatic amines is 1. The summed E-state index contributed by atoms with van der Waals surface area (Å²) in [6.45, 7) is 2.57. The van der Waals surface area contributed by atoms with E-state index in [0.29, 0.717) is 18.7 Å². The first-order valence-electron chi connectivity index (χ1n) is 8.01. The topological polar surface area (TPSA) is 75.1 Å². The molecule has 2 N–H and O–H groups in total. The molecule has 0 aliphatic carbocycles. The minimum absolute atomic E-state index is 0.160. The first-order valence-corrected chi connectivity index (χ1v) is 8.89. The average molecular weight is 351 g/mol. The summed E-state index contributed by atoms with van der Waals surface area (Å²) in [4.78, 5) is 17.7. The number of rotatable bonds is 5.